The van der Waals surface area contributed by atoms with Crippen molar-refractivity contribution in [1.82, 2.24) is 14.9 Å². The van der Waals surface area contributed by atoms with Gasteiger partial charge < -0.3 is 19.3 Å². The minimum Gasteiger partial charge on any atom is -0.451 e. The third-order valence-corrected chi connectivity index (χ3v) is 2.81. The van der Waals surface area contributed by atoms with Gasteiger partial charge in [-0.3, -0.25) is 9.59 Å². The van der Waals surface area contributed by atoms with Gasteiger partial charge in [-0.05, 0) is 13.0 Å². The second kappa shape index (κ2) is 8.02. The highest BCUT2D eigenvalue weighted by atomic mass is 16.5. The summed E-state index contributed by atoms with van der Waals surface area (Å²) in [5.74, 6) is -0.651. The molecule has 10 heteroatoms. The van der Waals surface area contributed by atoms with Gasteiger partial charge in [0.2, 0.25) is 0 Å². The Labute approximate surface area is 136 Å². The zero-order chi connectivity index (χ0) is 17.5. The van der Waals surface area contributed by atoms with E-state index in [1.165, 1.54) is 25.3 Å². The first-order chi connectivity index (χ1) is 11.5. The maximum Gasteiger partial charge on any atom is 0.359 e. The van der Waals surface area contributed by atoms with Gasteiger partial charge in [0.05, 0.1) is 13.2 Å². The second-order valence-electron chi connectivity index (χ2n) is 4.72. The van der Waals surface area contributed by atoms with Crippen molar-refractivity contribution >= 4 is 17.7 Å². The van der Waals surface area contributed by atoms with Gasteiger partial charge in [-0.15, -0.1) is 0 Å². The molecule has 10 nitrogen and oxygen atoms in total. The molecule has 0 aromatic carbocycles. The van der Waals surface area contributed by atoms with E-state index >= 15 is 0 Å². The summed E-state index contributed by atoms with van der Waals surface area (Å²) in [4.78, 5) is 35.1. The fraction of sp³-hybridized carbons (Fsp3) is 0.357. The fourth-order valence-corrected chi connectivity index (χ4v) is 1.71. The quantitative estimate of drug-likeness (QED) is 0.699. The molecule has 1 amide bonds. The molecule has 0 aliphatic heterocycles. The number of amides is 1. The van der Waals surface area contributed by atoms with Crippen LogP contribution in [0.3, 0.4) is 0 Å². The summed E-state index contributed by atoms with van der Waals surface area (Å²) in [6.07, 6.45) is 0. The van der Waals surface area contributed by atoms with Crippen molar-refractivity contribution in [2.45, 2.75) is 13.5 Å². The maximum absolute atomic E-state index is 11.9. The highest BCUT2D eigenvalue weighted by Crippen LogP contribution is 2.06. The van der Waals surface area contributed by atoms with Gasteiger partial charge in [0.25, 0.3) is 11.5 Å². The molecule has 0 bridgehead atoms. The first-order valence-electron chi connectivity index (χ1n) is 6.97. The van der Waals surface area contributed by atoms with Crippen LogP contribution in [0.1, 0.15) is 16.2 Å². The van der Waals surface area contributed by atoms with Crippen molar-refractivity contribution in [1.29, 1.82) is 0 Å². The van der Waals surface area contributed by atoms with E-state index in [4.69, 9.17) is 14.0 Å². The minimum atomic E-state index is -0.826. The number of rotatable bonds is 7. The molecular weight excluding hydrogens is 320 g/mol. The van der Waals surface area contributed by atoms with E-state index in [0.29, 0.717) is 5.76 Å². The van der Waals surface area contributed by atoms with Crippen LogP contribution in [0.4, 0.5) is 5.82 Å². The highest BCUT2D eigenvalue weighted by Gasteiger charge is 2.14. The number of hydrogen-bond donors (Lipinski definition) is 1. The molecule has 2 aromatic rings. The van der Waals surface area contributed by atoms with Crippen LogP contribution in [0.15, 0.2) is 27.5 Å². The number of carbonyl (C=O) groups is 2. The van der Waals surface area contributed by atoms with Gasteiger partial charge in [0.15, 0.2) is 18.1 Å². The molecule has 1 N–H and O–H groups in total. The summed E-state index contributed by atoms with van der Waals surface area (Å²) >= 11 is 0. The molecule has 2 aromatic heterocycles. The molecule has 0 aliphatic carbocycles. The molecule has 0 fully saturated rings. The first-order valence-corrected chi connectivity index (χ1v) is 6.97. The van der Waals surface area contributed by atoms with E-state index in [9.17, 15) is 14.4 Å². The summed E-state index contributed by atoms with van der Waals surface area (Å²) < 4.78 is 15.6. The summed E-state index contributed by atoms with van der Waals surface area (Å²) in [6, 6.07) is 3.94. The number of ether oxygens (including phenoxy) is 2. The molecular formula is C14H16N4O6. The molecule has 24 heavy (non-hydrogen) atoms. The van der Waals surface area contributed by atoms with E-state index in [1.54, 1.807) is 6.92 Å². The predicted octanol–water partition coefficient (Wildman–Crippen LogP) is -0.0184. The van der Waals surface area contributed by atoms with Crippen molar-refractivity contribution in [3.63, 3.8) is 0 Å². The lowest BCUT2D eigenvalue weighted by Crippen LogP contribution is -2.27. The lowest BCUT2D eigenvalue weighted by atomic mass is 10.4. The third-order valence-electron chi connectivity index (χ3n) is 2.81. The normalized spacial score (nSPS) is 10.4. The molecule has 0 aliphatic rings. The molecule has 0 atom stereocenters. The zero-order valence-corrected chi connectivity index (χ0v) is 13.1. The largest absolute Gasteiger partial charge is 0.451 e. The van der Waals surface area contributed by atoms with Crippen LogP contribution in [-0.4, -0.2) is 47.1 Å². The molecule has 0 unspecified atom stereocenters. The SMILES string of the molecule is COCCn1nc(C(=O)OCC(=O)Nc2cc(C)on2)ccc1=O. The molecule has 2 rings (SSSR count). The number of aromatic nitrogens is 3. The molecule has 0 spiro atoms. The van der Waals surface area contributed by atoms with Crippen molar-refractivity contribution < 1.29 is 23.6 Å². The van der Waals surface area contributed by atoms with E-state index in [0.717, 1.165) is 4.68 Å². The number of methoxy groups -OCH3 is 1. The Kier molecular flexibility index (Phi) is 5.79. The number of anilines is 1. The van der Waals surface area contributed by atoms with E-state index in [2.05, 4.69) is 15.6 Å². The lowest BCUT2D eigenvalue weighted by molar-refractivity contribution is -0.119. The number of nitrogens with zero attached hydrogens (tertiary/aromatic N) is 3. The number of esters is 1. The first kappa shape index (κ1) is 17.3. The van der Waals surface area contributed by atoms with Crippen LogP contribution in [0.25, 0.3) is 0 Å². The average Bonchev–Trinajstić information content (AvgIpc) is 2.96. The minimum absolute atomic E-state index is 0.0872. The van der Waals surface area contributed by atoms with Gasteiger partial charge in [-0.2, -0.15) is 5.10 Å². The Balaban J connectivity index is 1.92. The van der Waals surface area contributed by atoms with Crippen LogP contribution in [0, 0.1) is 6.92 Å². The van der Waals surface area contributed by atoms with Crippen molar-refractivity contribution in [3.05, 3.63) is 40.0 Å². The van der Waals surface area contributed by atoms with E-state index in [-0.39, 0.29) is 30.2 Å². The Bertz CT molecular complexity index is 782. The zero-order valence-electron chi connectivity index (χ0n) is 13.1. The third kappa shape index (κ3) is 4.74. The molecule has 0 saturated carbocycles. The Morgan fingerprint density at radius 1 is 1.38 bits per heavy atom. The maximum atomic E-state index is 11.9. The molecule has 128 valence electrons. The Hall–Kier alpha value is -3.01. The molecule has 0 saturated heterocycles. The smallest absolute Gasteiger partial charge is 0.359 e. The van der Waals surface area contributed by atoms with Crippen LogP contribution in [0.2, 0.25) is 0 Å². The van der Waals surface area contributed by atoms with Gasteiger partial charge in [0.1, 0.15) is 5.76 Å². The van der Waals surface area contributed by atoms with E-state index < -0.39 is 18.5 Å². The highest BCUT2D eigenvalue weighted by molar-refractivity contribution is 5.94. The van der Waals surface area contributed by atoms with Gasteiger partial charge in [-0.1, -0.05) is 5.16 Å². The number of nitrogens with one attached hydrogen (secondary N) is 1. The van der Waals surface area contributed by atoms with Crippen LogP contribution < -0.4 is 10.9 Å². The summed E-state index contributed by atoms with van der Waals surface area (Å²) in [5, 5.41) is 9.85. The molecule has 0 radical (unpaired) electrons. The van der Waals surface area contributed by atoms with E-state index in [1.807, 2.05) is 0 Å². The predicted molar refractivity (Wildman–Crippen MR) is 80.5 cm³/mol. The van der Waals surface area contributed by atoms with Crippen LogP contribution in [-0.2, 0) is 20.8 Å². The Morgan fingerprint density at radius 2 is 2.17 bits per heavy atom. The monoisotopic (exact) mass is 336 g/mol. The second-order valence-corrected chi connectivity index (χ2v) is 4.72. The van der Waals surface area contributed by atoms with Gasteiger partial charge >= 0.3 is 5.97 Å². The van der Waals surface area contributed by atoms with Crippen LogP contribution in [0.5, 0.6) is 0 Å². The summed E-state index contributed by atoms with van der Waals surface area (Å²) in [5.41, 5.74) is -0.460. The number of carbonyl (C=O) groups excluding carboxylic acids is 2. The summed E-state index contributed by atoms with van der Waals surface area (Å²) in [6.45, 7) is 1.61. The Morgan fingerprint density at radius 3 is 2.83 bits per heavy atom. The van der Waals surface area contributed by atoms with Gasteiger partial charge in [-0.25, -0.2) is 9.48 Å². The molecule has 2 heterocycles. The van der Waals surface area contributed by atoms with Gasteiger partial charge in [0, 0.05) is 19.2 Å². The standard InChI is InChI=1S/C14H16N4O6/c1-9-7-11(17-24-9)15-12(19)8-23-14(21)10-3-4-13(20)18(16-10)5-6-22-2/h3-4,7H,5-6,8H2,1-2H3,(H,15,17,19). The fourth-order valence-electron chi connectivity index (χ4n) is 1.71. The van der Waals surface area contributed by atoms with Crippen LogP contribution >= 0.6 is 0 Å². The number of hydrogen-bond acceptors (Lipinski definition) is 8. The summed E-state index contributed by atoms with van der Waals surface area (Å²) in [7, 11) is 1.48. The topological polar surface area (TPSA) is 126 Å². The number of aryl methyl sites for hydroxylation is 1. The van der Waals surface area contributed by atoms with Crippen molar-refractivity contribution in [2.24, 2.45) is 0 Å². The average molecular weight is 336 g/mol. The van der Waals surface area contributed by atoms with Crippen molar-refractivity contribution in [2.75, 3.05) is 25.6 Å². The van der Waals surface area contributed by atoms with Crippen molar-refractivity contribution in [3.8, 4) is 0 Å². The lowest BCUT2D eigenvalue weighted by Gasteiger charge is -2.07.